The maximum atomic E-state index is 13.6. The first kappa shape index (κ1) is 20.4. The van der Waals surface area contributed by atoms with Crippen LogP contribution in [0.5, 0.6) is 0 Å². The lowest BCUT2D eigenvalue weighted by Gasteiger charge is -2.12. The van der Waals surface area contributed by atoms with E-state index in [9.17, 15) is 26.2 Å². The Morgan fingerprint density at radius 2 is 1.79 bits per heavy atom. The molecule has 1 unspecified atom stereocenters. The van der Waals surface area contributed by atoms with E-state index in [0.717, 1.165) is 13.0 Å². The number of alkyl halides is 5. The van der Waals surface area contributed by atoms with Crippen molar-refractivity contribution in [2.24, 2.45) is 7.05 Å². The number of fused-ring (bicyclic) bond motifs is 1. The first-order valence-electron chi connectivity index (χ1n) is 8.24. The molecule has 0 aliphatic heterocycles. The predicted molar refractivity (Wildman–Crippen MR) is 95.5 cm³/mol. The molecule has 1 aromatic carbocycles. The van der Waals surface area contributed by atoms with Gasteiger partial charge in [0.15, 0.2) is 5.82 Å². The van der Waals surface area contributed by atoms with Crippen LogP contribution in [0.15, 0.2) is 35.4 Å². The first-order valence-corrected chi connectivity index (χ1v) is 9.56. The summed E-state index contributed by atoms with van der Waals surface area (Å²) in [6.45, 7) is 2.34. The first-order chi connectivity index (χ1) is 12.9. The smallest absolute Gasteiger partial charge is 0.326 e. The fourth-order valence-electron chi connectivity index (χ4n) is 2.78. The van der Waals surface area contributed by atoms with Crippen LogP contribution in [-0.4, -0.2) is 24.5 Å². The highest BCUT2D eigenvalue weighted by Gasteiger charge is 2.33. The fourth-order valence-corrected chi connectivity index (χ4v) is 3.71. The van der Waals surface area contributed by atoms with Crippen molar-refractivity contribution in [3.8, 4) is 11.5 Å². The van der Waals surface area contributed by atoms with E-state index in [1.54, 1.807) is 14.0 Å². The second-order valence-corrected chi connectivity index (χ2v) is 8.00. The van der Waals surface area contributed by atoms with E-state index >= 15 is 0 Å². The lowest BCUT2D eigenvalue weighted by Crippen LogP contribution is -2.10. The standard InChI is InChI=1S/C18H16F5N3OS/c1-4-28(27)14-8-11(18(21,22)23)9-24-15(14)16-25-12-7-10(17(2,19)20)5-6-13(12)26(16)3/h5-9H,4H2,1-3H3. The second-order valence-electron chi connectivity index (χ2n) is 6.29. The van der Waals surface area contributed by atoms with Crippen LogP contribution in [0.1, 0.15) is 25.0 Å². The SMILES string of the molecule is CCS(=O)c1cc(C(F)(F)F)cnc1-c1nc2cc(C(C)(F)F)ccc2n1C. The van der Waals surface area contributed by atoms with Crippen molar-refractivity contribution < 1.29 is 26.2 Å². The zero-order valence-corrected chi connectivity index (χ0v) is 16.0. The van der Waals surface area contributed by atoms with Gasteiger partial charge in [-0.2, -0.15) is 13.2 Å². The number of aryl methyl sites for hydroxylation is 1. The molecule has 2 heterocycles. The molecule has 0 aliphatic carbocycles. The van der Waals surface area contributed by atoms with E-state index < -0.39 is 28.5 Å². The molecule has 10 heteroatoms. The molecule has 0 aliphatic rings. The molecule has 0 bridgehead atoms. The molecule has 0 spiro atoms. The van der Waals surface area contributed by atoms with Gasteiger partial charge in [-0.25, -0.2) is 13.8 Å². The van der Waals surface area contributed by atoms with Crippen LogP contribution in [0.3, 0.4) is 0 Å². The van der Waals surface area contributed by atoms with Gasteiger partial charge in [-0.3, -0.25) is 9.19 Å². The van der Waals surface area contributed by atoms with Crippen LogP contribution in [-0.2, 0) is 29.9 Å². The average Bonchev–Trinajstić information content (AvgIpc) is 2.95. The van der Waals surface area contributed by atoms with E-state index in [1.807, 2.05) is 0 Å². The molecule has 150 valence electrons. The number of imidazole rings is 1. The number of aromatic nitrogens is 3. The minimum atomic E-state index is -4.63. The van der Waals surface area contributed by atoms with Crippen LogP contribution in [0.4, 0.5) is 22.0 Å². The third-order valence-corrected chi connectivity index (χ3v) is 5.61. The van der Waals surface area contributed by atoms with Crippen molar-refractivity contribution in [3.63, 3.8) is 0 Å². The van der Waals surface area contributed by atoms with Gasteiger partial charge in [-0.15, -0.1) is 0 Å². The molecule has 2 aromatic heterocycles. The largest absolute Gasteiger partial charge is 0.417 e. The van der Waals surface area contributed by atoms with Crippen molar-refractivity contribution >= 4 is 21.8 Å². The molecule has 4 nitrogen and oxygen atoms in total. The Kier molecular flexibility index (Phi) is 5.03. The maximum Gasteiger partial charge on any atom is 0.417 e. The quantitative estimate of drug-likeness (QED) is 0.568. The number of benzene rings is 1. The van der Waals surface area contributed by atoms with E-state index in [2.05, 4.69) is 9.97 Å². The van der Waals surface area contributed by atoms with Crippen molar-refractivity contribution in [3.05, 3.63) is 41.6 Å². The fraction of sp³-hybridized carbons (Fsp3) is 0.333. The molecular weight excluding hydrogens is 401 g/mol. The summed E-state index contributed by atoms with van der Waals surface area (Å²) >= 11 is 0. The Bertz CT molecular complexity index is 1070. The van der Waals surface area contributed by atoms with E-state index in [1.165, 1.54) is 22.8 Å². The second kappa shape index (κ2) is 6.91. The molecule has 0 saturated heterocycles. The van der Waals surface area contributed by atoms with E-state index in [0.29, 0.717) is 11.7 Å². The zero-order chi connectivity index (χ0) is 20.9. The molecule has 0 saturated carbocycles. The Morgan fingerprint density at radius 3 is 2.36 bits per heavy atom. The van der Waals surface area contributed by atoms with E-state index in [4.69, 9.17) is 0 Å². The number of hydrogen-bond donors (Lipinski definition) is 0. The number of nitrogens with zero attached hydrogens (tertiary/aromatic N) is 3. The molecule has 0 amide bonds. The summed E-state index contributed by atoms with van der Waals surface area (Å²) in [5.74, 6) is -2.82. The summed E-state index contributed by atoms with van der Waals surface area (Å²) in [6.07, 6.45) is -3.98. The van der Waals surface area contributed by atoms with Crippen molar-refractivity contribution in [2.45, 2.75) is 30.8 Å². The van der Waals surface area contributed by atoms with Crippen LogP contribution in [0, 0.1) is 0 Å². The number of halogens is 5. The Morgan fingerprint density at radius 1 is 1.11 bits per heavy atom. The summed E-state index contributed by atoms with van der Waals surface area (Å²) in [5, 5.41) is 0. The molecule has 1 atom stereocenters. The molecule has 0 fully saturated rings. The van der Waals surface area contributed by atoms with Crippen molar-refractivity contribution in [2.75, 3.05) is 5.75 Å². The number of pyridine rings is 1. The van der Waals surface area contributed by atoms with Gasteiger partial charge in [-0.1, -0.05) is 13.0 Å². The minimum absolute atomic E-state index is 0.0247. The normalized spacial score (nSPS) is 13.9. The van der Waals surface area contributed by atoms with Crippen molar-refractivity contribution in [1.82, 2.24) is 14.5 Å². The molecule has 3 rings (SSSR count). The molecule has 28 heavy (non-hydrogen) atoms. The third-order valence-electron chi connectivity index (χ3n) is 4.29. The van der Waals surface area contributed by atoms with Crippen molar-refractivity contribution in [1.29, 1.82) is 0 Å². The van der Waals surface area contributed by atoms with Gasteiger partial charge in [0.2, 0.25) is 0 Å². The molecule has 0 N–H and O–H groups in total. The Labute approximate surface area is 159 Å². The topological polar surface area (TPSA) is 47.8 Å². The Hall–Kier alpha value is -2.36. The monoisotopic (exact) mass is 417 g/mol. The summed E-state index contributed by atoms with van der Waals surface area (Å²) in [4.78, 5) is 8.04. The van der Waals surface area contributed by atoms with Gasteiger partial charge in [0.05, 0.1) is 32.3 Å². The molecule has 3 aromatic rings. The highest BCUT2D eigenvalue weighted by Crippen LogP contribution is 2.35. The van der Waals surface area contributed by atoms with Gasteiger partial charge in [0.25, 0.3) is 5.92 Å². The van der Waals surface area contributed by atoms with Gasteiger partial charge in [0, 0.05) is 31.5 Å². The predicted octanol–water partition coefficient (Wildman–Crippen LogP) is 4.89. The molecular formula is C18H16F5N3OS. The van der Waals surface area contributed by atoms with Crippen LogP contribution >= 0.6 is 0 Å². The van der Waals surface area contributed by atoms with Crippen LogP contribution in [0.2, 0.25) is 0 Å². The highest BCUT2D eigenvalue weighted by atomic mass is 32.2. The van der Waals surface area contributed by atoms with Crippen LogP contribution in [0.25, 0.3) is 22.6 Å². The Balaban J connectivity index is 2.24. The summed E-state index contributed by atoms with van der Waals surface area (Å²) in [6, 6.07) is 4.74. The number of rotatable bonds is 4. The number of hydrogen-bond acceptors (Lipinski definition) is 3. The van der Waals surface area contributed by atoms with Gasteiger partial charge >= 0.3 is 6.18 Å². The maximum absolute atomic E-state index is 13.6. The lowest BCUT2D eigenvalue weighted by molar-refractivity contribution is -0.138. The lowest BCUT2D eigenvalue weighted by atomic mass is 10.1. The summed E-state index contributed by atoms with van der Waals surface area (Å²) < 4.78 is 80.2. The van der Waals surface area contributed by atoms with Gasteiger partial charge in [0.1, 0.15) is 5.69 Å². The average molecular weight is 417 g/mol. The van der Waals surface area contributed by atoms with Gasteiger partial charge < -0.3 is 4.57 Å². The minimum Gasteiger partial charge on any atom is -0.326 e. The van der Waals surface area contributed by atoms with Crippen LogP contribution < -0.4 is 0 Å². The molecule has 0 radical (unpaired) electrons. The zero-order valence-electron chi connectivity index (χ0n) is 15.1. The van der Waals surface area contributed by atoms with E-state index in [-0.39, 0.29) is 33.2 Å². The summed E-state index contributed by atoms with van der Waals surface area (Å²) in [7, 11) is -0.142. The summed E-state index contributed by atoms with van der Waals surface area (Å²) in [5.41, 5.74) is -0.483. The highest BCUT2D eigenvalue weighted by molar-refractivity contribution is 7.85. The third kappa shape index (κ3) is 3.65. The van der Waals surface area contributed by atoms with Gasteiger partial charge in [-0.05, 0) is 18.2 Å².